The maximum atomic E-state index is 6.13. The van der Waals surface area contributed by atoms with Crippen molar-refractivity contribution in [3.63, 3.8) is 0 Å². The maximum absolute atomic E-state index is 6.13. The van der Waals surface area contributed by atoms with Crippen LogP contribution >= 0.6 is 0 Å². The molecular formula is C82H105N3O12. The Balaban J connectivity index is 0.000000126. The summed E-state index contributed by atoms with van der Waals surface area (Å²) in [5.41, 5.74) is 13.4. The van der Waals surface area contributed by atoms with E-state index in [0.29, 0.717) is 0 Å². The van der Waals surface area contributed by atoms with Crippen molar-refractivity contribution in [2.45, 2.75) is 231 Å². The van der Waals surface area contributed by atoms with Crippen molar-refractivity contribution in [2.24, 2.45) is 0 Å². The van der Waals surface area contributed by atoms with Gasteiger partial charge in [-0.2, -0.15) is 0 Å². The topological polar surface area (TPSA) is 120 Å². The molecule has 0 amide bonds. The molecule has 0 bridgehead atoms. The Hall–Kier alpha value is -8.72. The van der Waals surface area contributed by atoms with Crippen molar-refractivity contribution in [1.82, 2.24) is 9.80 Å². The van der Waals surface area contributed by atoms with E-state index in [1.165, 1.54) is 77.1 Å². The number of para-hydroxylation sites is 3. The molecule has 8 aliphatic heterocycles. The zero-order chi connectivity index (χ0) is 70.2. The summed E-state index contributed by atoms with van der Waals surface area (Å²) in [6, 6.07) is 38.6. The van der Waals surface area contributed by atoms with E-state index < -0.39 is 11.6 Å². The molecule has 8 heterocycles. The molecular weight excluding hydrogens is 1220 g/mol. The van der Waals surface area contributed by atoms with Gasteiger partial charge in [-0.25, -0.2) is 0 Å². The van der Waals surface area contributed by atoms with Gasteiger partial charge in [-0.15, -0.1) is 0 Å². The molecule has 5 aromatic carbocycles. The Kier molecular flexibility index (Phi) is 20.5. The van der Waals surface area contributed by atoms with Gasteiger partial charge >= 0.3 is 11.6 Å². The standard InChI is InChI=1S/C17H14O3.C17H14O2.C15H21NO.C10H16O2.C9H14O2.C8H15NO.C6H11NO/c1-11-12(2)20-17(19-11)13-7-3-5-9-15(13)18-16-10-6-4-8-14(16)17;1-11-12(2)19-17(18-11)15-9-5-3-7-13(15)14-8-4-6-10-16(14)17;1-10-8-7-9-11(2)14(10)16-12(3)13(4)17-15(16,5)6;1-8-9(2)12-10(11-8)6-4-3-5-7-10;1-7-8(2)11-9(10-7)5-3-4-6-9;1-6-7(2)10-8(3,4)9(6)5;1-5-6(2)8-4-7(5)3/h3-10H,1-2H3;3-10H,1-2H3;7-9H,1-6H3;3-7H2,1-2H3;3-6H2,1-2H3;1-5H3;4H2,1-3H3. The van der Waals surface area contributed by atoms with Crippen molar-refractivity contribution >= 4 is 5.69 Å². The third-order valence-corrected chi connectivity index (χ3v) is 20.3. The van der Waals surface area contributed by atoms with Crippen molar-refractivity contribution in [3.8, 4) is 22.6 Å². The maximum Gasteiger partial charge on any atom is 0.312 e. The molecule has 15 nitrogen and oxygen atoms in total. The smallest absolute Gasteiger partial charge is 0.312 e. The first-order valence-corrected chi connectivity index (χ1v) is 34.5. The fraction of sp³-hybridized carbons (Fsp3) is 0.463. The van der Waals surface area contributed by atoms with E-state index >= 15 is 0 Å². The Morgan fingerprint density at radius 3 is 1.00 bits per heavy atom. The number of ether oxygens (including phenoxy) is 12. The average Bonchev–Trinajstić information content (AvgIpc) is 1.62. The number of fused-ring (bicyclic) bond motifs is 9. The molecule has 0 saturated heterocycles. The third kappa shape index (κ3) is 14.2. The summed E-state index contributed by atoms with van der Waals surface area (Å²) in [6.07, 6.45) is 10.5. The molecule has 0 aromatic heterocycles. The SMILES string of the molecule is CC1=C(C)N(C)C(C)(C)O1.CC1=C(C)N(C)CO1.CC1=C(C)N(c2c(C)cccc2C)C(C)(C)O1.CC1=C(C)OC2(CCCC2)O1.CC1=C(C)OC2(CCCCC2)O1.CC1=C(C)OC2(O1)c1ccccc1-c1ccccc12.CC1=C(C)OC2(O1)c1ccccc1Oc1ccccc12. The molecule has 0 unspecified atom stereocenters. The first-order chi connectivity index (χ1) is 45.9. The molecule has 2 saturated carbocycles. The summed E-state index contributed by atoms with van der Waals surface area (Å²) in [7, 11) is 4.07. The molecule has 0 radical (unpaired) electrons. The molecule has 0 atom stereocenters. The summed E-state index contributed by atoms with van der Waals surface area (Å²) in [6.45, 7) is 41.3. The second-order valence-electron chi connectivity index (χ2n) is 27.9. The van der Waals surface area contributed by atoms with Gasteiger partial charge in [-0.3, -0.25) is 0 Å². The second kappa shape index (κ2) is 28.0. The number of nitrogens with zero attached hydrogens (tertiary/aromatic N) is 3. The number of hydrogen-bond acceptors (Lipinski definition) is 15. The highest BCUT2D eigenvalue weighted by Crippen LogP contribution is 2.56. The summed E-state index contributed by atoms with van der Waals surface area (Å²) in [5.74, 6) is 9.63. The van der Waals surface area contributed by atoms with Gasteiger partial charge in [0.05, 0.1) is 33.9 Å². The quantitative estimate of drug-likeness (QED) is 0.158. The molecule has 4 spiro atoms. The van der Waals surface area contributed by atoms with Crippen LogP contribution in [0.1, 0.15) is 216 Å². The lowest BCUT2D eigenvalue weighted by molar-refractivity contribution is -0.173. The number of hydrogen-bond donors (Lipinski definition) is 0. The minimum absolute atomic E-state index is 0.145. The highest BCUT2D eigenvalue weighted by Gasteiger charge is 2.53. The number of anilines is 1. The van der Waals surface area contributed by atoms with E-state index in [0.717, 1.165) is 130 Å². The third-order valence-electron chi connectivity index (χ3n) is 20.3. The van der Waals surface area contributed by atoms with E-state index in [1.807, 2.05) is 151 Å². The fourth-order valence-corrected chi connectivity index (χ4v) is 14.0. The number of benzene rings is 5. The first kappa shape index (κ1) is 71.1. The van der Waals surface area contributed by atoms with Gasteiger partial charge in [0.25, 0.3) is 11.6 Å². The van der Waals surface area contributed by atoms with Crippen LogP contribution < -0.4 is 9.64 Å². The van der Waals surface area contributed by atoms with E-state index in [9.17, 15) is 0 Å². The van der Waals surface area contributed by atoms with Crippen LogP contribution in [0.4, 0.5) is 5.69 Å². The van der Waals surface area contributed by atoms with Crippen LogP contribution in [0.25, 0.3) is 11.1 Å². The number of aryl methyl sites for hydroxylation is 2. The number of rotatable bonds is 1. The van der Waals surface area contributed by atoms with Crippen LogP contribution in [0, 0.1) is 13.8 Å². The largest absolute Gasteiger partial charge is 0.476 e. The average molecular weight is 1320 g/mol. The monoisotopic (exact) mass is 1320 g/mol. The minimum Gasteiger partial charge on any atom is -0.476 e. The van der Waals surface area contributed by atoms with Crippen molar-refractivity contribution in [1.29, 1.82) is 0 Å². The van der Waals surface area contributed by atoms with Crippen molar-refractivity contribution in [2.75, 3.05) is 25.7 Å². The van der Waals surface area contributed by atoms with Crippen LogP contribution in [0.3, 0.4) is 0 Å². The zero-order valence-corrected chi connectivity index (χ0v) is 61.8. The van der Waals surface area contributed by atoms with Crippen molar-refractivity contribution < 1.29 is 56.8 Å². The van der Waals surface area contributed by atoms with Gasteiger partial charge in [-0.05, 0) is 211 Å². The van der Waals surface area contributed by atoms with Gasteiger partial charge in [-0.1, -0.05) is 97.4 Å². The Labute approximate surface area is 577 Å². The molecule has 11 aliphatic rings. The Morgan fingerprint density at radius 1 is 0.320 bits per heavy atom. The van der Waals surface area contributed by atoms with E-state index in [-0.39, 0.29) is 23.0 Å². The number of allylic oxidation sites excluding steroid dienone is 14. The summed E-state index contributed by atoms with van der Waals surface area (Å²) in [5, 5.41) is 0. The highest BCUT2D eigenvalue weighted by molar-refractivity contribution is 5.79. The van der Waals surface area contributed by atoms with Gasteiger partial charge < -0.3 is 71.5 Å². The summed E-state index contributed by atoms with van der Waals surface area (Å²) in [4.78, 5) is 6.52. The molecule has 3 aliphatic carbocycles. The molecule has 0 N–H and O–H groups in total. The lowest BCUT2D eigenvalue weighted by atomic mass is 9.93. The lowest BCUT2D eigenvalue weighted by Crippen LogP contribution is -2.40. The molecule has 97 heavy (non-hydrogen) atoms. The molecule has 520 valence electrons. The predicted octanol–water partition coefficient (Wildman–Crippen LogP) is 21.2. The van der Waals surface area contributed by atoms with Gasteiger partial charge in [0, 0.05) is 50.9 Å². The van der Waals surface area contributed by atoms with Gasteiger partial charge in [0.2, 0.25) is 0 Å². The van der Waals surface area contributed by atoms with Crippen LogP contribution in [-0.2, 0) is 63.7 Å². The van der Waals surface area contributed by atoms with Gasteiger partial charge in [0.15, 0.2) is 18.2 Å². The molecule has 5 aromatic rings. The van der Waals surface area contributed by atoms with Crippen LogP contribution in [-0.4, -0.2) is 53.7 Å². The van der Waals surface area contributed by atoms with Crippen LogP contribution in [0.5, 0.6) is 11.5 Å². The van der Waals surface area contributed by atoms with Crippen LogP contribution in [0.2, 0.25) is 0 Å². The molecule has 2 fully saturated rings. The lowest BCUT2D eigenvalue weighted by Gasteiger charge is -2.35. The van der Waals surface area contributed by atoms with E-state index in [2.05, 4.69) is 132 Å². The molecule has 16 rings (SSSR count). The van der Waals surface area contributed by atoms with E-state index in [1.54, 1.807) is 0 Å². The first-order valence-electron chi connectivity index (χ1n) is 34.5. The zero-order valence-electron chi connectivity index (χ0n) is 61.8. The molecule has 15 heteroatoms. The van der Waals surface area contributed by atoms with E-state index in [4.69, 9.17) is 56.8 Å². The Bertz CT molecular complexity index is 3820. The van der Waals surface area contributed by atoms with Crippen molar-refractivity contribution in [3.05, 3.63) is 229 Å². The summed E-state index contributed by atoms with van der Waals surface area (Å²) >= 11 is 0. The summed E-state index contributed by atoms with van der Waals surface area (Å²) < 4.78 is 70.1. The second-order valence-corrected chi connectivity index (χ2v) is 27.9. The van der Waals surface area contributed by atoms with Gasteiger partial charge in [0.1, 0.15) is 74.8 Å². The normalized spacial score (nSPS) is 21.0. The Morgan fingerprint density at radius 2 is 0.670 bits per heavy atom. The minimum atomic E-state index is -0.917. The fourth-order valence-electron chi connectivity index (χ4n) is 14.0. The highest BCUT2D eigenvalue weighted by atomic mass is 16.8. The van der Waals surface area contributed by atoms with Crippen LogP contribution in [0.15, 0.2) is 196 Å². The predicted molar refractivity (Wildman–Crippen MR) is 381 cm³/mol.